The maximum atomic E-state index is 13.8. The van der Waals surface area contributed by atoms with E-state index in [-0.39, 0.29) is 17.9 Å². The summed E-state index contributed by atoms with van der Waals surface area (Å²) in [4.78, 5) is 0. The van der Waals surface area contributed by atoms with E-state index in [1.54, 1.807) is 0 Å². The minimum atomic E-state index is -3.23. The van der Waals surface area contributed by atoms with Crippen LogP contribution >= 0.6 is 0 Å². The summed E-state index contributed by atoms with van der Waals surface area (Å²) in [6.45, 7) is 6.46. The molecule has 5 heteroatoms. The molecule has 1 aliphatic rings. The quantitative estimate of drug-likeness (QED) is 0.695. The van der Waals surface area contributed by atoms with E-state index in [0.717, 1.165) is 6.26 Å². The van der Waals surface area contributed by atoms with E-state index in [9.17, 15) is 12.8 Å². The fourth-order valence-corrected chi connectivity index (χ4v) is 3.00. The summed E-state index contributed by atoms with van der Waals surface area (Å²) in [7, 11) is -3.23. The highest BCUT2D eigenvalue weighted by Crippen LogP contribution is 2.36. The first-order chi connectivity index (χ1) is 6.62. The van der Waals surface area contributed by atoms with Gasteiger partial charge in [-0.15, -0.1) is 0 Å². The second-order valence-corrected chi connectivity index (χ2v) is 7.38. The third-order valence-electron chi connectivity index (χ3n) is 3.09. The van der Waals surface area contributed by atoms with Crippen LogP contribution in [0.1, 0.15) is 27.2 Å². The molecular weight excluding hydrogens is 217 g/mol. The van der Waals surface area contributed by atoms with Crippen LogP contribution in [0.5, 0.6) is 0 Å². The van der Waals surface area contributed by atoms with Gasteiger partial charge in [-0.25, -0.2) is 12.8 Å². The van der Waals surface area contributed by atoms with Crippen molar-refractivity contribution in [2.45, 2.75) is 33.4 Å². The summed E-state index contributed by atoms with van der Waals surface area (Å²) in [5.74, 6) is -0.0458. The van der Waals surface area contributed by atoms with Gasteiger partial charge in [-0.05, 0) is 17.8 Å². The van der Waals surface area contributed by atoms with Crippen LogP contribution < -0.4 is 0 Å². The molecule has 0 N–H and O–H groups in total. The highest BCUT2D eigenvalue weighted by Gasteiger charge is 2.39. The molecule has 0 aromatic heterocycles. The molecular formula is C10H20FNO2S. The van der Waals surface area contributed by atoms with Gasteiger partial charge in [-0.1, -0.05) is 20.8 Å². The minimum absolute atomic E-state index is 0.0147. The zero-order valence-corrected chi connectivity index (χ0v) is 10.6. The molecule has 0 spiro atoms. The summed E-state index contributed by atoms with van der Waals surface area (Å²) in [5, 5.41) is 0. The van der Waals surface area contributed by atoms with E-state index < -0.39 is 16.2 Å². The highest BCUT2D eigenvalue weighted by atomic mass is 32.2. The Bertz CT molecular complexity index is 321. The third-order valence-corrected chi connectivity index (χ3v) is 4.36. The number of rotatable bonds is 1. The van der Waals surface area contributed by atoms with Crippen molar-refractivity contribution in [2.75, 3.05) is 19.3 Å². The summed E-state index contributed by atoms with van der Waals surface area (Å²) in [5.41, 5.74) is -0.0942. The normalized spacial score (nSPS) is 30.5. The molecule has 0 aromatic carbocycles. The molecule has 1 aliphatic heterocycles. The molecule has 0 bridgehead atoms. The molecule has 1 heterocycles. The molecule has 3 nitrogen and oxygen atoms in total. The number of nitrogens with zero attached hydrogens (tertiary/aromatic N) is 1. The number of alkyl halides is 1. The number of hydrogen-bond acceptors (Lipinski definition) is 2. The zero-order valence-electron chi connectivity index (χ0n) is 9.83. The third kappa shape index (κ3) is 3.14. The van der Waals surface area contributed by atoms with Gasteiger partial charge in [0, 0.05) is 13.1 Å². The second kappa shape index (κ2) is 4.01. The van der Waals surface area contributed by atoms with E-state index in [4.69, 9.17) is 0 Å². The topological polar surface area (TPSA) is 37.4 Å². The van der Waals surface area contributed by atoms with Crippen molar-refractivity contribution in [1.82, 2.24) is 4.31 Å². The molecule has 0 aromatic rings. The first-order valence-corrected chi connectivity index (χ1v) is 7.06. The van der Waals surface area contributed by atoms with Crippen molar-refractivity contribution >= 4 is 10.0 Å². The lowest BCUT2D eigenvalue weighted by molar-refractivity contribution is 0.0559. The Morgan fingerprint density at radius 2 is 1.87 bits per heavy atom. The molecule has 1 saturated heterocycles. The Morgan fingerprint density at radius 3 is 2.20 bits per heavy atom. The second-order valence-electron chi connectivity index (χ2n) is 5.40. The molecule has 90 valence electrons. The van der Waals surface area contributed by atoms with Crippen molar-refractivity contribution in [1.29, 1.82) is 0 Å². The molecule has 0 saturated carbocycles. The van der Waals surface area contributed by atoms with E-state index in [0.29, 0.717) is 13.0 Å². The largest absolute Gasteiger partial charge is 0.246 e. The number of hydrogen-bond donors (Lipinski definition) is 0. The Balaban J connectivity index is 2.72. The average Bonchev–Trinajstić information content (AvgIpc) is 1.99. The van der Waals surface area contributed by atoms with Gasteiger partial charge in [0.15, 0.2) is 0 Å². The van der Waals surface area contributed by atoms with Crippen molar-refractivity contribution < 1.29 is 12.8 Å². The first-order valence-electron chi connectivity index (χ1n) is 5.21. The lowest BCUT2D eigenvalue weighted by Crippen LogP contribution is -2.47. The average molecular weight is 237 g/mol. The summed E-state index contributed by atoms with van der Waals surface area (Å²) in [6, 6.07) is 0. The van der Waals surface area contributed by atoms with Crippen molar-refractivity contribution in [3.05, 3.63) is 0 Å². The fourth-order valence-electron chi connectivity index (χ4n) is 2.15. The lowest BCUT2D eigenvalue weighted by atomic mass is 9.74. The van der Waals surface area contributed by atoms with Crippen molar-refractivity contribution in [3.8, 4) is 0 Å². The Morgan fingerprint density at radius 1 is 1.33 bits per heavy atom. The number of sulfonamides is 1. The first kappa shape index (κ1) is 12.9. The Kier molecular flexibility index (Phi) is 3.45. The molecule has 0 aliphatic carbocycles. The van der Waals surface area contributed by atoms with Crippen LogP contribution in [-0.2, 0) is 10.0 Å². The van der Waals surface area contributed by atoms with Crippen LogP contribution in [-0.4, -0.2) is 38.2 Å². The van der Waals surface area contributed by atoms with Gasteiger partial charge in [0.2, 0.25) is 10.0 Å². The van der Waals surface area contributed by atoms with Crippen LogP contribution in [0, 0.1) is 11.3 Å². The predicted molar refractivity (Wildman–Crippen MR) is 58.9 cm³/mol. The van der Waals surface area contributed by atoms with E-state index in [2.05, 4.69) is 0 Å². The Hall–Kier alpha value is -0.160. The smallest absolute Gasteiger partial charge is 0.211 e. The van der Waals surface area contributed by atoms with Crippen LogP contribution in [0.25, 0.3) is 0 Å². The van der Waals surface area contributed by atoms with Gasteiger partial charge >= 0.3 is 0 Å². The molecule has 15 heavy (non-hydrogen) atoms. The van der Waals surface area contributed by atoms with Crippen LogP contribution in [0.15, 0.2) is 0 Å². The summed E-state index contributed by atoms with van der Waals surface area (Å²) >= 11 is 0. The molecule has 0 radical (unpaired) electrons. The number of piperidine rings is 1. The van der Waals surface area contributed by atoms with Gasteiger partial charge in [-0.2, -0.15) is 4.31 Å². The van der Waals surface area contributed by atoms with E-state index in [1.165, 1.54) is 4.31 Å². The minimum Gasteiger partial charge on any atom is -0.246 e. The van der Waals surface area contributed by atoms with Gasteiger partial charge in [0.25, 0.3) is 0 Å². The summed E-state index contributed by atoms with van der Waals surface area (Å²) < 4.78 is 37.5. The SMILES string of the molecule is CC(C)(C)C1CCN(S(C)(=O)=O)CC1F. The van der Waals surface area contributed by atoms with Gasteiger partial charge in [0.1, 0.15) is 6.17 Å². The number of halogens is 1. The maximum Gasteiger partial charge on any atom is 0.211 e. The molecule has 2 unspecified atom stereocenters. The Labute approximate surface area is 91.7 Å². The fraction of sp³-hybridized carbons (Fsp3) is 1.00. The van der Waals surface area contributed by atoms with E-state index in [1.807, 2.05) is 20.8 Å². The maximum absolute atomic E-state index is 13.8. The lowest BCUT2D eigenvalue weighted by Gasteiger charge is -2.40. The van der Waals surface area contributed by atoms with Crippen LogP contribution in [0.3, 0.4) is 0 Å². The standard InChI is InChI=1S/C10H20FNO2S/c1-10(2,3)8-5-6-12(7-9(8)11)15(4,13)14/h8-9H,5-7H2,1-4H3. The molecule has 0 amide bonds. The van der Waals surface area contributed by atoms with E-state index >= 15 is 0 Å². The molecule has 2 atom stereocenters. The van der Waals surface area contributed by atoms with Gasteiger partial charge in [-0.3, -0.25) is 0 Å². The van der Waals surface area contributed by atoms with Crippen molar-refractivity contribution in [3.63, 3.8) is 0 Å². The van der Waals surface area contributed by atoms with Crippen LogP contribution in [0.4, 0.5) is 4.39 Å². The van der Waals surface area contributed by atoms with Crippen molar-refractivity contribution in [2.24, 2.45) is 11.3 Å². The summed E-state index contributed by atoms with van der Waals surface area (Å²) in [6.07, 6.45) is 0.697. The molecule has 1 fully saturated rings. The molecule has 1 rings (SSSR count). The predicted octanol–water partition coefficient (Wildman–Crippen LogP) is 1.65. The highest BCUT2D eigenvalue weighted by molar-refractivity contribution is 7.88. The van der Waals surface area contributed by atoms with Gasteiger partial charge < -0.3 is 0 Å². The monoisotopic (exact) mass is 237 g/mol. The van der Waals surface area contributed by atoms with Gasteiger partial charge in [0.05, 0.1) is 6.26 Å². The zero-order chi connectivity index (χ0) is 11.9. The van der Waals surface area contributed by atoms with Crippen LogP contribution in [0.2, 0.25) is 0 Å².